The Hall–Kier alpha value is -1.47. The minimum atomic E-state index is 0.145. The lowest BCUT2D eigenvalue weighted by molar-refractivity contribution is -0.143. The van der Waals surface area contributed by atoms with Gasteiger partial charge in [-0.2, -0.15) is 0 Å². The summed E-state index contributed by atoms with van der Waals surface area (Å²) < 4.78 is 7.87. The molecule has 4 rings (SSSR count). The van der Waals surface area contributed by atoms with Crippen molar-refractivity contribution in [3.05, 3.63) is 11.6 Å². The topological polar surface area (TPSA) is 63.5 Å². The fourth-order valence-electron chi connectivity index (χ4n) is 3.82. The molecule has 7 heteroatoms. The number of aromatic nitrogens is 3. The summed E-state index contributed by atoms with van der Waals surface area (Å²) in [6.45, 7) is 7.33. The molecule has 3 aliphatic rings. The predicted octanol–water partition coefficient (Wildman–Crippen LogP) is 0.572. The van der Waals surface area contributed by atoms with Crippen LogP contribution in [0.4, 0.5) is 0 Å². The fraction of sp³-hybridized carbons (Fsp3) is 0.812. The molecule has 1 aromatic rings. The number of likely N-dealkylation sites (tertiary alicyclic amines) is 1. The van der Waals surface area contributed by atoms with E-state index in [4.69, 9.17) is 4.74 Å². The first-order valence-corrected chi connectivity index (χ1v) is 8.73. The van der Waals surface area contributed by atoms with Gasteiger partial charge in [0.1, 0.15) is 11.6 Å². The molecule has 1 atom stereocenters. The Kier molecular flexibility index (Phi) is 4.07. The molecule has 7 nitrogen and oxygen atoms in total. The molecular formula is C16H25N5O2. The van der Waals surface area contributed by atoms with Gasteiger partial charge in [-0.05, 0) is 26.2 Å². The maximum Gasteiger partial charge on any atom is 0.225 e. The molecule has 1 aromatic heterocycles. The van der Waals surface area contributed by atoms with Crippen molar-refractivity contribution < 1.29 is 9.53 Å². The van der Waals surface area contributed by atoms with Gasteiger partial charge in [-0.25, -0.2) is 0 Å². The molecule has 0 N–H and O–H groups in total. The van der Waals surface area contributed by atoms with Crippen LogP contribution in [-0.4, -0.2) is 68.9 Å². The van der Waals surface area contributed by atoms with Gasteiger partial charge in [0.15, 0.2) is 0 Å². The molecule has 23 heavy (non-hydrogen) atoms. The van der Waals surface area contributed by atoms with Crippen molar-refractivity contribution in [2.45, 2.75) is 57.8 Å². The summed E-state index contributed by atoms with van der Waals surface area (Å²) >= 11 is 0. The number of hydrogen-bond donors (Lipinski definition) is 0. The van der Waals surface area contributed by atoms with Crippen molar-refractivity contribution in [2.75, 3.05) is 26.2 Å². The highest BCUT2D eigenvalue weighted by molar-refractivity contribution is 5.77. The van der Waals surface area contributed by atoms with E-state index in [1.54, 1.807) is 0 Å². The predicted molar refractivity (Wildman–Crippen MR) is 83.7 cm³/mol. The van der Waals surface area contributed by atoms with Gasteiger partial charge in [0, 0.05) is 38.8 Å². The Morgan fingerprint density at radius 1 is 1.26 bits per heavy atom. The van der Waals surface area contributed by atoms with Crippen molar-refractivity contribution in [1.29, 1.82) is 0 Å². The summed E-state index contributed by atoms with van der Waals surface area (Å²) in [5.41, 5.74) is 0. The van der Waals surface area contributed by atoms with Crippen molar-refractivity contribution in [1.82, 2.24) is 24.6 Å². The standard InChI is InChI=1S/C16H25N5O2/c1-12-17-18-15-11-19(5-6-21(12)15)13-9-20(10-13)16(22)8-14-4-2-3-7-23-14/h13-14H,2-11H2,1H3/t14-/m0/s1. The van der Waals surface area contributed by atoms with Crippen LogP contribution in [0.15, 0.2) is 0 Å². The van der Waals surface area contributed by atoms with Gasteiger partial charge in [-0.1, -0.05) is 0 Å². The van der Waals surface area contributed by atoms with Crippen LogP contribution in [0.1, 0.15) is 37.3 Å². The van der Waals surface area contributed by atoms with E-state index in [-0.39, 0.29) is 12.0 Å². The van der Waals surface area contributed by atoms with Crippen LogP contribution in [0.5, 0.6) is 0 Å². The largest absolute Gasteiger partial charge is 0.378 e. The summed E-state index contributed by atoms with van der Waals surface area (Å²) in [6, 6.07) is 0.469. The Bertz CT molecular complexity index is 575. The first kappa shape index (κ1) is 15.1. The highest BCUT2D eigenvalue weighted by Crippen LogP contribution is 2.23. The van der Waals surface area contributed by atoms with Gasteiger partial charge in [0.2, 0.25) is 5.91 Å². The van der Waals surface area contributed by atoms with E-state index in [1.165, 1.54) is 6.42 Å². The van der Waals surface area contributed by atoms with Gasteiger partial charge < -0.3 is 14.2 Å². The molecule has 0 saturated carbocycles. The molecule has 0 radical (unpaired) electrons. The van der Waals surface area contributed by atoms with Gasteiger partial charge in [-0.15, -0.1) is 10.2 Å². The second kappa shape index (κ2) is 6.20. The average molecular weight is 319 g/mol. The second-order valence-corrected chi connectivity index (χ2v) is 6.93. The highest BCUT2D eigenvalue weighted by Gasteiger charge is 2.37. The van der Waals surface area contributed by atoms with Crippen LogP contribution in [0, 0.1) is 6.92 Å². The maximum atomic E-state index is 12.3. The summed E-state index contributed by atoms with van der Waals surface area (Å²) in [4.78, 5) is 16.7. The van der Waals surface area contributed by atoms with Gasteiger partial charge >= 0.3 is 0 Å². The zero-order valence-corrected chi connectivity index (χ0v) is 13.8. The van der Waals surface area contributed by atoms with Crippen LogP contribution in [0.2, 0.25) is 0 Å². The molecule has 2 fully saturated rings. The number of fused-ring (bicyclic) bond motifs is 1. The minimum Gasteiger partial charge on any atom is -0.378 e. The van der Waals surface area contributed by atoms with E-state index in [9.17, 15) is 4.79 Å². The quantitative estimate of drug-likeness (QED) is 0.815. The second-order valence-electron chi connectivity index (χ2n) is 6.93. The van der Waals surface area contributed by atoms with Crippen molar-refractivity contribution >= 4 is 5.91 Å². The summed E-state index contributed by atoms with van der Waals surface area (Å²) in [5.74, 6) is 2.30. The van der Waals surface area contributed by atoms with Gasteiger partial charge in [-0.3, -0.25) is 9.69 Å². The number of carbonyl (C=O) groups is 1. The zero-order chi connectivity index (χ0) is 15.8. The maximum absolute atomic E-state index is 12.3. The SMILES string of the molecule is Cc1nnc2n1CCN(C1CN(C(=O)C[C@@H]3CCCCO3)C1)C2. The van der Waals surface area contributed by atoms with E-state index in [0.717, 1.165) is 63.8 Å². The Balaban J connectivity index is 1.26. The van der Waals surface area contributed by atoms with Gasteiger partial charge in [0.05, 0.1) is 19.1 Å². The lowest BCUT2D eigenvalue weighted by Gasteiger charge is -2.46. The lowest BCUT2D eigenvalue weighted by atomic mass is 10.0. The number of carbonyl (C=O) groups excluding carboxylic acids is 1. The number of hydrogen-bond acceptors (Lipinski definition) is 5. The molecule has 0 aromatic carbocycles. The van der Waals surface area contributed by atoms with E-state index >= 15 is 0 Å². The smallest absolute Gasteiger partial charge is 0.225 e. The van der Waals surface area contributed by atoms with E-state index in [0.29, 0.717) is 12.5 Å². The van der Waals surface area contributed by atoms with Crippen LogP contribution >= 0.6 is 0 Å². The third kappa shape index (κ3) is 2.99. The fourth-order valence-corrected chi connectivity index (χ4v) is 3.82. The Morgan fingerprint density at radius 3 is 2.91 bits per heavy atom. The summed E-state index contributed by atoms with van der Waals surface area (Å²) in [5, 5.41) is 8.40. The third-order valence-corrected chi connectivity index (χ3v) is 5.38. The van der Waals surface area contributed by atoms with E-state index in [2.05, 4.69) is 19.7 Å². The monoisotopic (exact) mass is 319 g/mol. The summed E-state index contributed by atoms with van der Waals surface area (Å²) in [6.07, 6.45) is 4.06. The van der Waals surface area contributed by atoms with Crippen LogP contribution in [-0.2, 0) is 22.6 Å². The lowest BCUT2D eigenvalue weighted by Crippen LogP contribution is -2.62. The Labute approximate surface area is 136 Å². The number of ether oxygens (including phenoxy) is 1. The highest BCUT2D eigenvalue weighted by atomic mass is 16.5. The number of amides is 1. The molecule has 3 aliphatic heterocycles. The third-order valence-electron chi connectivity index (χ3n) is 5.38. The molecule has 0 unspecified atom stereocenters. The minimum absolute atomic E-state index is 0.145. The molecule has 4 heterocycles. The van der Waals surface area contributed by atoms with Crippen molar-refractivity contribution in [2.24, 2.45) is 0 Å². The first-order valence-electron chi connectivity index (χ1n) is 8.73. The van der Waals surface area contributed by atoms with E-state index in [1.807, 2.05) is 11.8 Å². The molecule has 0 bridgehead atoms. The Morgan fingerprint density at radius 2 is 2.13 bits per heavy atom. The molecule has 0 spiro atoms. The normalized spacial score (nSPS) is 26.0. The van der Waals surface area contributed by atoms with Crippen LogP contribution in [0.3, 0.4) is 0 Å². The van der Waals surface area contributed by atoms with Crippen molar-refractivity contribution in [3.63, 3.8) is 0 Å². The molecule has 1 amide bonds. The van der Waals surface area contributed by atoms with Crippen molar-refractivity contribution in [3.8, 4) is 0 Å². The molecular weight excluding hydrogens is 294 g/mol. The number of rotatable bonds is 3. The average Bonchev–Trinajstić information content (AvgIpc) is 2.88. The molecule has 0 aliphatic carbocycles. The van der Waals surface area contributed by atoms with E-state index < -0.39 is 0 Å². The van der Waals surface area contributed by atoms with Crippen LogP contribution < -0.4 is 0 Å². The number of nitrogens with zero attached hydrogens (tertiary/aromatic N) is 5. The zero-order valence-electron chi connectivity index (χ0n) is 13.8. The molecule has 2 saturated heterocycles. The number of aryl methyl sites for hydroxylation is 1. The molecule has 126 valence electrons. The van der Waals surface area contributed by atoms with Gasteiger partial charge in [0.25, 0.3) is 0 Å². The van der Waals surface area contributed by atoms with Crippen LogP contribution in [0.25, 0.3) is 0 Å². The first-order chi connectivity index (χ1) is 11.2. The summed E-state index contributed by atoms with van der Waals surface area (Å²) in [7, 11) is 0.